The molecule has 9 heteroatoms. The second-order valence-electron chi connectivity index (χ2n) is 6.43. The molecule has 0 aliphatic carbocycles. The van der Waals surface area contributed by atoms with Crippen molar-refractivity contribution in [3.8, 4) is 0 Å². The molecule has 0 fully saturated rings. The second-order valence-corrected chi connectivity index (χ2v) is 6.43. The van der Waals surface area contributed by atoms with E-state index in [-0.39, 0.29) is 30.8 Å². The molecule has 9 nitrogen and oxygen atoms in total. The summed E-state index contributed by atoms with van der Waals surface area (Å²) in [4.78, 5) is 44.2. The highest BCUT2D eigenvalue weighted by atomic mass is 16.2. The molecule has 2 aromatic heterocycles. The number of hydrogen-bond acceptors (Lipinski definition) is 5. The van der Waals surface area contributed by atoms with Crippen LogP contribution in [0.4, 0.5) is 5.69 Å². The number of carbonyl (C=O) groups excluding carboxylic acids is 3. The van der Waals surface area contributed by atoms with Crippen molar-refractivity contribution in [1.29, 1.82) is 0 Å². The quantitative estimate of drug-likeness (QED) is 0.465. The molecule has 3 amide bonds. The third-order valence-corrected chi connectivity index (χ3v) is 4.18. The topological polar surface area (TPSA) is 118 Å². The van der Waals surface area contributed by atoms with Crippen LogP contribution in [0.2, 0.25) is 0 Å². The Bertz CT molecular complexity index is 989. The number of pyridine rings is 1. The number of aromatic nitrogens is 3. The van der Waals surface area contributed by atoms with Crippen LogP contribution in [0.1, 0.15) is 27.1 Å². The zero-order valence-corrected chi connectivity index (χ0v) is 16.2. The lowest BCUT2D eigenvalue weighted by Gasteiger charge is -2.09. The van der Waals surface area contributed by atoms with Crippen LogP contribution in [0, 0.1) is 0 Å². The van der Waals surface area contributed by atoms with Crippen molar-refractivity contribution in [3.63, 3.8) is 0 Å². The van der Waals surface area contributed by atoms with Gasteiger partial charge in [-0.2, -0.15) is 0 Å². The van der Waals surface area contributed by atoms with Gasteiger partial charge in [0, 0.05) is 62.1 Å². The number of anilines is 1. The molecule has 0 atom stereocenters. The Labute approximate surface area is 173 Å². The number of rotatable bonds is 9. The van der Waals surface area contributed by atoms with Crippen LogP contribution in [-0.4, -0.2) is 45.3 Å². The minimum atomic E-state index is -0.292. The molecule has 0 radical (unpaired) electrons. The Morgan fingerprint density at radius 1 is 0.900 bits per heavy atom. The molecule has 0 aliphatic rings. The number of imidazole rings is 1. The van der Waals surface area contributed by atoms with Crippen molar-refractivity contribution in [3.05, 3.63) is 78.6 Å². The summed E-state index contributed by atoms with van der Waals surface area (Å²) in [6.07, 6.45) is 8.46. The van der Waals surface area contributed by atoms with E-state index in [1.807, 2.05) is 4.57 Å². The Kier molecular flexibility index (Phi) is 7.26. The average Bonchev–Trinajstić information content (AvgIpc) is 3.29. The third kappa shape index (κ3) is 6.26. The molecule has 3 rings (SSSR count). The molecule has 1 aromatic carbocycles. The van der Waals surface area contributed by atoms with Crippen LogP contribution in [0.25, 0.3) is 0 Å². The maximum atomic E-state index is 12.3. The Hall–Kier alpha value is -4.01. The van der Waals surface area contributed by atoms with Gasteiger partial charge in [0.25, 0.3) is 11.8 Å². The minimum Gasteiger partial charge on any atom is -0.350 e. The van der Waals surface area contributed by atoms with Gasteiger partial charge in [0.05, 0.1) is 11.9 Å². The molecule has 0 bridgehead atoms. The molecule has 0 aliphatic heterocycles. The smallest absolute Gasteiger partial charge is 0.252 e. The largest absolute Gasteiger partial charge is 0.350 e. The first-order valence-corrected chi connectivity index (χ1v) is 9.44. The summed E-state index contributed by atoms with van der Waals surface area (Å²) >= 11 is 0. The summed E-state index contributed by atoms with van der Waals surface area (Å²) in [5.74, 6) is -0.697. The Morgan fingerprint density at radius 3 is 2.37 bits per heavy atom. The minimum absolute atomic E-state index is 0.153. The lowest BCUT2D eigenvalue weighted by Crippen LogP contribution is -2.34. The summed E-state index contributed by atoms with van der Waals surface area (Å²) in [6, 6.07) is 10.0. The van der Waals surface area contributed by atoms with Crippen molar-refractivity contribution in [2.45, 2.75) is 13.0 Å². The maximum Gasteiger partial charge on any atom is 0.252 e. The number of benzene rings is 1. The van der Waals surface area contributed by atoms with Gasteiger partial charge >= 0.3 is 0 Å². The van der Waals surface area contributed by atoms with Crippen molar-refractivity contribution in [1.82, 2.24) is 25.2 Å². The fourth-order valence-electron chi connectivity index (χ4n) is 2.66. The lowest BCUT2D eigenvalue weighted by atomic mass is 10.2. The monoisotopic (exact) mass is 406 g/mol. The van der Waals surface area contributed by atoms with Gasteiger partial charge in [-0.05, 0) is 30.3 Å². The molecule has 0 saturated carbocycles. The summed E-state index contributed by atoms with van der Waals surface area (Å²) < 4.78 is 1.82. The van der Waals surface area contributed by atoms with E-state index in [1.165, 1.54) is 6.20 Å². The first-order chi connectivity index (χ1) is 14.6. The zero-order valence-electron chi connectivity index (χ0n) is 16.2. The molecule has 2 heterocycles. The van der Waals surface area contributed by atoms with Gasteiger partial charge in [0.2, 0.25) is 5.91 Å². The van der Waals surface area contributed by atoms with Crippen molar-refractivity contribution < 1.29 is 14.4 Å². The zero-order chi connectivity index (χ0) is 21.2. The van der Waals surface area contributed by atoms with E-state index in [0.29, 0.717) is 29.8 Å². The highest BCUT2D eigenvalue weighted by Gasteiger charge is 2.09. The van der Waals surface area contributed by atoms with E-state index in [0.717, 1.165) is 0 Å². The molecule has 0 unspecified atom stereocenters. The number of carbonyl (C=O) groups is 3. The van der Waals surface area contributed by atoms with Crippen LogP contribution < -0.4 is 16.0 Å². The predicted octanol–water partition coefficient (Wildman–Crippen LogP) is 1.47. The van der Waals surface area contributed by atoms with E-state index in [1.54, 1.807) is 61.3 Å². The molecular formula is C21H22N6O3. The van der Waals surface area contributed by atoms with Crippen molar-refractivity contribution >= 4 is 23.4 Å². The molecular weight excluding hydrogens is 384 g/mol. The van der Waals surface area contributed by atoms with Gasteiger partial charge in [-0.1, -0.05) is 6.07 Å². The van der Waals surface area contributed by atoms with Crippen LogP contribution in [0.15, 0.2) is 67.5 Å². The Morgan fingerprint density at radius 2 is 1.67 bits per heavy atom. The normalized spacial score (nSPS) is 10.3. The first-order valence-electron chi connectivity index (χ1n) is 9.44. The number of amides is 3. The number of nitrogens with zero attached hydrogens (tertiary/aromatic N) is 3. The predicted molar refractivity (Wildman–Crippen MR) is 111 cm³/mol. The number of hydrogen-bond donors (Lipinski definition) is 3. The fourth-order valence-corrected chi connectivity index (χ4v) is 2.66. The SMILES string of the molecule is O=C(CCn1ccnc1)Nc1cccc(C(=O)NCCNC(=O)c2cccnc2)c1. The van der Waals surface area contributed by atoms with Gasteiger partial charge in [-0.25, -0.2) is 4.98 Å². The van der Waals surface area contributed by atoms with Gasteiger partial charge in [0.1, 0.15) is 0 Å². The molecule has 154 valence electrons. The summed E-state index contributed by atoms with van der Waals surface area (Å²) in [5.41, 5.74) is 1.42. The summed E-state index contributed by atoms with van der Waals surface area (Å²) in [5, 5.41) is 8.23. The van der Waals surface area contributed by atoms with Gasteiger partial charge < -0.3 is 20.5 Å². The first kappa shape index (κ1) is 20.7. The second kappa shape index (κ2) is 10.5. The highest BCUT2D eigenvalue weighted by molar-refractivity contribution is 5.97. The van der Waals surface area contributed by atoms with Crippen LogP contribution in [-0.2, 0) is 11.3 Å². The van der Waals surface area contributed by atoms with E-state index in [4.69, 9.17) is 0 Å². The van der Waals surface area contributed by atoms with Gasteiger partial charge in [-0.15, -0.1) is 0 Å². The Balaban J connectivity index is 1.42. The summed E-state index contributed by atoms with van der Waals surface area (Å²) in [6.45, 7) is 1.08. The van der Waals surface area contributed by atoms with E-state index < -0.39 is 0 Å². The van der Waals surface area contributed by atoms with Crippen molar-refractivity contribution in [2.75, 3.05) is 18.4 Å². The molecule has 0 saturated heterocycles. The summed E-state index contributed by atoms with van der Waals surface area (Å²) in [7, 11) is 0. The third-order valence-electron chi connectivity index (χ3n) is 4.18. The van der Waals surface area contributed by atoms with E-state index >= 15 is 0 Å². The highest BCUT2D eigenvalue weighted by Crippen LogP contribution is 2.11. The molecule has 0 spiro atoms. The molecule has 30 heavy (non-hydrogen) atoms. The molecule has 3 N–H and O–H groups in total. The average molecular weight is 406 g/mol. The number of nitrogens with one attached hydrogen (secondary N) is 3. The van der Waals surface area contributed by atoms with Gasteiger partial charge in [0.15, 0.2) is 0 Å². The van der Waals surface area contributed by atoms with E-state index in [2.05, 4.69) is 25.9 Å². The van der Waals surface area contributed by atoms with Crippen molar-refractivity contribution in [2.24, 2.45) is 0 Å². The van der Waals surface area contributed by atoms with Crippen LogP contribution >= 0.6 is 0 Å². The number of aryl methyl sites for hydroxylation is 1. The fraction of sp³-hybridized carbons (Fsp3) is 0.190. The van der Waals surface area contributed by atoms with Crippen LogP contribution in [0.3, 0.4) is 0 Å². The maximum absolute atomic E-state index is 12.3. The molecule has 3 aromatic rings. The lowest BCUT2D eigenvalue weighted by molar-refractivity contribution is -0.116. The van der Waals surface area contributed by atoms with Crippen LogP contribution in [0.5, 0.6) is 0 Å². The standard InChI is InChI=1S/C21H22N6O3/c28-19(6-11-27-12-10-23-15-27)26-18-5-1-3-16(13-18)20(29)24-8-9-25-21(30)17-4-2-7-22-14-17/h1-5,7,10,12-15H,6,8-9,11H2,(H,24,29)(H,25,30)(H,26,28). The van der Waals surface area contributed by atoms with Gasteiger partial charge in [-0.3, -0.25) is 19.4 Å². The van der Waals surface area contributed by atoms with E-state index in [9.17, 15) is 14.4 Å².